The van der Waals surface area contributed by atoms with Crippen LogP contribution in [0.5, 0.6) is 0 Å². The molecule has 2 N–H and O–H groups in total. The standard InChI is InChI=1S/C25H32N4O3/c1-3-15-29(18-24(31)27-22-11-9-21(10-12-22)26-19(2)30)23-13-16-28(17-14-23)25(32)20-7-5-4-6-8-20/h4-12,23H,3,13-18H2,1-2H3,(H,26,30)(H,27,31). The van der Waals surface area contributed by atoms with Gasteiger partial charge in [0.05, 0.1) is 6.54 Å². The smallest absolute Gasteiger partial charge is 0.253 e. The molecular formula is C25H32N4O3. The molecule has 0 aromatic heterocycles. The lowest BCUT2D eigenvalue weighted by atomic mass is 10.0. The van der Waals surface area contributed by atoms with Crippen molar-refractivity contribution >= 4 is 29.1 Å². The summed E-state index contributed by atoms with van der Waals surface area (Å²) in [7, 11) is 0. The predicted molar refractivity (Wildman–Crippen MR) is 127 cm³/mol. The minimum Gasteiger partial charge on any atom is -0.339 e. The second-order valence-corrected chi connectivity index (χ2v) is 8.17. The number of hydrogen-bond acceptors (Lipinski definition) is 4. The molecule has 1 saturated heterocycles. The van der Waals surface area contributed by atoms with Crippen LogP contribution < -0.4 is 10.6 Å². The summed E-state index contributed by atoms with van der Waals surface area (Å²) < 4.78 is 0. The third-order valence-electron chi connectivity index (χ3n) is 5.64. The van der Waals surface area contributed by atoms with Gasteiger partial charge >= 0.3 is 0 Å². The quantitative estimate of drug-likeness (QED) is 0.663. The number of nitrogens with one attached hydrogen (secondary N) is 2. The Bertz CT molecular complexity index is 907. The van der Waals surface area contributed by atoms with Crippen molar-refractivity contribution in [1.29, 1.82) is 0 Å². The number of amides is 3. The number of carbonyl (C=O) groups is 3. The number of carbonyl (C=O) groups excluding carboxylic acids is 3. The zero-order valence-corrected chi connectivity index (χ0v) is 18.8. The van der Waals surface area contributed by atoms with E-state index in [1.807, 2.05) is 35.2 Å². The van der Waals surface area contributed by atoms with E-state index in [4.69, 9.17) is 0 Å². The topological polar surface area (TPSA) is 81.8 Å². The summed E-state index contributed by atoms with van der Waals surface area (Å²) in [6, 6.07) is 16.7. The van der Waals surface area contributed by atoms with E-state index in [-0.39, 0.29) is 23.8 Å². The monoisotopic (exact) mass is 436 g/mol. The number of piperidine rings is 1. The Morgan fingerprint density at radius 1 is 0.938 bits per heavy atom. The van der Waals surface area contributed by atoms with Crippen LogP contribution in [0, 0.1) is 0 Å². The van der Waals surface area contributed by atoms with Crippen molar-refractivity contribution in [1.82, 2.24) is 9.80 Å². The third kappa shape index (κ3) is 6.65. The van der Waals surface area contributed by atoms with Gasteiger partial charge < -0.3 is 15.5 Å². The average Bonchev–Trinajstić information content (AvgIpc) is 2.80. The fourth-order valence-electron chi connectivity index (χ4n) is 4.10. The van der Waals surface area contributed by atoms with Crippen LogP contribution in [-0.2, 0) is 9.59 Å². The van der Waals surface area contributed by atoms with Crippen molar-refractivity contribution in [3.05, 3.63) is 60.2 Å². The van der Waals surface area contributed by atoms with E-state index in [2.05, 4.69) is 22.5 Å². The van der Waals surface area contributed by atoms with Gasteiger partial charge in [0, 0.05) is 43.0 Å². The van der Waals surface area contributed by atoms with Gasteiger partial charge in [0.25, 0.3) is 5.91 Å². The van der Waals surface area contributed by atoms with E-state index in [9.17, 15) is 14.4 Å². The molecule has 1 aliphatic rings. The van der Waals surface area contributed by atoms with E-state index in [0.717, 1.165) is 31.4 Å². The van der Waals surface area contributed by atoms with Crippen LogP contribution in [-0.4, -0.2) is 59.7 Å². The molecule has 32 heavy (non-hydrogen) atoms. The number of nitrogens with zero attached hydrogens (tertiary/aromatic N) is 2. The Morgan fingerprint density at radius 2 is 1.53 bits per heavy atom. The predicted octanol–water partition coefficient (Wildman–Crippen LogP) is 3.60. The Hall–Kier alpha value is -3.19. The molecule has 0 spiro atoms. The molecule has 3 rings (SSSR count). The molecular weight excluding hydrogens is 404 g/mol. The fourth-order valence-corrected chi connectivity index (χ4v) is 4.10. The van der Waals surface area contributed by atoms with Crippen molar-refractivity contribution in [3.63, 3.8) is 0 Å². The second kappa shape index (κ2) is 11.4. The molecule has 1 aliphatic heterocycles. The van der Waals surface area contributed by atoms with Crippen molar-refractivity contribution in [2.24, 2.45) is 0 Å². The first kappa shape index (κ1) is 23.5. The highest BCUT2D eigenvalue weighted by Crippen LogP contribution is 2.20. The number of anilines is 2. The molecule has 0 radical (unpaired) electrons. The average molecular weight is 437 g/mol. The molecule has 2 aromatic rings. The second-order valence-electron chi connectivity index (χ2n) is 8.17. The SMILES string of the molecule is CCCN(CC(=O)Nc1ccc(NC(C)=O)cc1)C1CCN(C(=O)c2ccccc2)CC1. The van der Waals surface area contributed by atoms with Gasteiger partial charge in [0.2, 0.25) is 11.8 Å². The van der Waals surface area contributed by atoms with Gasteiger partial charge in [-0.2, -0.15) is 0 Å². The van der Waals surface area contributed by atoms with Gasteiger partial charge in [-0.05, 0) is 62.2 Å². The molecule has 0 saturated carbocycles. The number of rotatable bonds is 8. The van der Waals surface area contributed by atoms with Crippen molar-refractivity contribution in [2.75, 3.05) is 36.8 Å². The summed E-state index contributed by atoms with van der Waals surface area (Å²) in [6.45, 7) is 6.13. The Labute approximate surface area is 189 Å². The number of hydrogen-bond donors (Lipinski definition) is 2. The first-order chi connectivity index (χ1) is 15.5. The maximum atomic E-state index is 12.7. The zero-order chi connectivity index (χ0) is 22.9. The molecule has 0 aliphatic carbocycles. The van der Waals surface area contributed by atoms with Gasteiger partial charge in [-0.15, -0.1) is 0 Å². The summed E-state index contributed by atoms with van der Waals surface area (Å²) in [5, 5.41) is 5.65. The summed E-state index contributed by atoms with van der Waals surface area (Å²) in [4.78, 5) is 40.6. The van der Waals surface area contributed by atoms with E-state index < -0.39 is 0 Å². The highest BCUT2D eigenvalue weighted by atomic mass is 16.2. The maximum absolute atomic E-state index is 12.7. The highest BCUT2D eigenvalue weighted by Gasteiger charge is 2.28. The lowest BCUT2D eigenvalue weighted by Crippen LogP contribution is -2.49. The summed E-state index contributed by atoms with van der Waals surface area (Å²) in [6.07, 6.45) is 2.68. The molecule has 0 unspecified atom stereocenters. The van der Waals surface area contributed by atoms with Crippen LogP contribution in [0.1, 0.15) is 43.5 Å². The molecule has 3 amide bonds. The lowest BCUT2D eigenvalue weighted by molar-refractivity contribution is -0.118. The summed E-state index contributed by atoms with van der Waals surface area (Å²) in [5.41, 5.74) is 2.11. The van der Waals surface area contributed by atoms with Crippen LogP contribution in [0.4, 0.5) is 11.4 Å². The van der Waals surface area contributed by atoms with Gasteiger partial charge in [0.15, 0.2) is 0 Å². The minimum absolute atomic E-state index is 0.0616. The van der Waals surface area contributed by atoms with Crippen LogP contribution >= 0.6 is 0 Å². The van der Waals surface area contributed by atoms with Crippen LogP contribution in [0.25, 0.3) is 0 Å². The molecule has 0 atom stereocenters. The van der Waals surface area contributed by atoms with E-state index in [1.165, 1.54) is 6.92 Å². The Balaban J connectivity index is 1.52. The van der Waals surface area contributed by atoms with Crippen LogP contribution in [0.15, 0.2) is 54.6 Å². The molecule has 0 bridgehead atoms. The highest BCUT2D eigenvalue weighted by molar-refractivity contribution is 5.94. The zero-order valence-electron chi connectivity index (χ0n) is 18.8. The Kier molecular flexibility index (Phi) is 8.39. The Morgan fingerprint density at radius 3 is 2.09 bits per heavy atom. The van der Waals surface area contributed by atoms with Gasteiger partial charge in [-0.3, -0.25) is 19.3 Å². The molecule has 7 heteroatoms. The number of benzene rings is 2. The summed E-state index contributed by atoms with van der Waals surface area (Å²) in [5.74, 6) is -0.117. The molecule has 7 nitrogen and oxygen atoms in total. The number of likely N-dealkylation sites (tertiary alicyclic amines) is 1. The normalized spacial score (nSPS) is 14.3. The third-order valence-corrected chi connectivity index (χ3v) is 5.64. The van der Waals surface area contributed by atoms with Crippen molar-refractivity contribution in [3.8, 4) is 0 Å². The first-order valence-corrected chi connectivity index (χ1v) is 11.2. The van der Waals surface area contributed by atoms with Gasteiger partial charge in [0.1, 0.15) is 0 Å². The first-order valence-electron chi connectivity index (χ1n) is 11.2. The van der Waals surface area contributed by atoms with E-state index in [1.54, 1.807) is 24.3 Å². The van der Waals surface area contributed by atoms with E-state index in [0.29, 0.717) is 31.0 Å². The minimum atomic E-state index is -0.131. The molecule has 1 heterocycles. The van der Waals surface area contributed by atoms with Crippen LogP contribution in [0.3, 0.4) is 0 Å². The molecule has 2 aromatic carbocycles. The van der Waals surface area contributed by atoms with Gasteiger partial charge in [-0.25, -0.2) is 0 Å². The largest absolute Gasteiger partial charge is 0.339 e. The van der Waals surface area contributed by atoms with Crippen molar-refractivity contribution < 1.29 is 14.4 Å². The lowest BCUT2D eigenvalue weighted by Gasteiger charge is -2.38. The molecule has 1 fully saturated rings. The maximum Gasteiger partial charge on any atom is 0.253 e. The summed E-state index contributed by atoms with van der Waals surface area (Å²) >= 11 is 0. The van der Waals surface area contributed by atoms with Crippen molar-refractivity contribution in [2.45, 2.75) is 39.2 Å². The van der Waals surface area contributed by atoms with Crippen LogP contribution in [0.2, 0.25) is 0 Å². The van der Waals surface area contributed by atoms with Gasteiger partial charge in [-0.1, -0.05) is 25.1 Å². The van der Waals surface area contributed by atoms with E-state index >= 15 is 0 Å². The molecule has 170 valence electrons. The fraction of sp³-hybridized carbons (Fsp3) is 0.400.